The molecule has 1 unspecified atom stereocenters. The Morgan fingerprint density at radius 2 is 2.26 bits per heavy atom. The molecule has 1 aromatic rings. The van der Waals surface area contributed by atoms with Gasteiger partial charge in [0.15, 0.2) is 5.75 Å². The number of nitrogens with zero attached hydrogens (tertiary/aromatic N) is 1. The van der Waals surface area contributed by atoms with Crippen LogP contribution in [0.3, 0.4) is 0 Å². The summed E-state index contributed by atoms with van der Waals surface area (Å²) in [5.41, 5.74) is -0.0815. The van der Waals surface area contributed by atoms with E-state index in [0.29, 0.717) is 0 Å². The number of hydrogen-bond acceptors (Lipinski definition) is 6. The van der Waals surface area contributed by atoms with Crippen molar-refractivity contribution in [1.29, 1.82) is 0 Å². The fourth-order valence-electron chi connectivity index (χ4n) is 1.35. The molecule has 3 N–H and O–H groups in total. The molecule has 0 saturated heterocycles. The van der Waals surface area contributed by atoms with Gasteiger partial charge in [0, 0.05) is 24.2 Å². The first-order valence-corrected chi connectivity index (χ1v) is 5.39. The van der Waals surface area contributed by atoms with Gasteiger partial charge in [0.1, 0.15) is 0 Å². The fourth-order valence-corrected chi connectivity index (χ4v) is 1.35. The second-order valence-corrected chi connectivity index (χ2v) is 3.69. The minimum atomic E-state index is -1.05. The molecule has 0 aromatic heterocycles. The lowest BCUT2D eigenvalue weighted by Crippen LogP contribution is -2.33. The van der Waals surface area contributed by atoms with Gasteiger partial charge in [-0.1, -0.05) is 0 Å². The first kappa shape index (κ1) is 14.9. The molecule has 0 aliphatic heterocycles. The monoisotopic (exact) mass is 270 g/mol. The molecule has 0 spiro atoms. The highest BCUT2D eigenvalue weighted by atomic mass is 16.6. The van der Waals surface area contributed by atoms with E-state index in [1.54, 1.807) is 0 Å². The second-order valence-electron chi connectivity index (χ2n) is 3.69. The van der Waals surface area contributed by atoms with Crippen LogP contribution in [0.25, 0.3) is 0 Å². The van der Waals surface area contributed by atoms with E-state index in [0.717, 1.165) is 6.07 Å². The molecule has 0 aliphatic rings. The molecule has 19 heavy (non-hydrogen) atoms. The van der Waals surface area contributed by atoms with E-state index >= 15 is 0 Å². The van der Waals surface area contributed by atoms with Gasteiger partial charge in [-0.2, -0.15) is 0 Å². The number of nitro groups is 1. The molecule has 1 amide bonds. The highest BCUT2D eigenvalue weighted by molar-refractivity contribution is 5.95. The van der Waals surface area contributed by atoms with E-state index < -0.39 is 23.5 Å². The number of rotatable bonds is 6. The van der Waals surface area contributed by atoms with Crippen molar-refractivity contribution in [2.24, 2.45) is 0 Å². The molecule has 104 valence electrons. The van der Waals surface area contributed by atoms with E-state index in [1.807, 2.05) is 0 Å². The SMILES string of the molecule is COc1cc(C(=O)NCC(O)CO)ccc1[N+](=O)[O-]. The van der Waals surface area contributed by atoms with E-state index in [9.17, 15) is 14.9 Å². The number of aliphatic hydroxyl groups excluding tert-OH is 2. The maximum absolute atomic E-state index is 11.7. The van der Waals surface area contributed by atoms with Gasteiger partial charge in [-0.25, -0.2) is 0 Å². The van der Waals surface area contributed by atoms with Crippen molar-refractivity contribution in [3.63, 3.8) is 0 Å². The molecule has 8 nitrogen and oxygen atoms in total. The molecular weight excluding hydrogens is 256 g/mol. The zero-order valence-corrected chi connectivity index (χ0v) is 10.2. The Kier molecular flexibility index (Phi) is 5.22. The minimum absolute atomic E-state index is 0.0274. The summed E-state index contributed by atoms with van der Waals surface area (Å²) in [7, 11) is 1.26. The maximum Gasteiger partial charge on any atom is 0.310 e. The van der Waals surface area contributed by atoms with Crippen LogP contribution in [0.4, 0.5) is 5.69 Å². The summed E-state index contributed by atoms with van der Waals surface area (Å²) in [6.07, 6.45) is -1.05. The van der Waals surface area contributed by atoms with E-state index in [2.05, 4.69) is 5.32 Å². The van der Waals surface area contributed by atoms with Gasteiger partial charge < -0.3 is 20.3 Å². The second kappa shape index (κ2) is 6.66. The highest BCUT2D eigenvalue weighted by Gasteiger charge is 2.17. The van der Waals surface area contributed by atoms with Crippen molar-refractivity contribution in [1.82, 2.24) is 5.32 Å². The third kappa shape index (κ3) is 3.90. The van der Waals surface area contributed by atoms with Crippen LogP contribution in [0.5, 0.6) is 5.75 Å². The number of nitro benzene ring substituents is 1. The van der Waals surface area contributed by atoms with Gasteiger partial charge in [-0.3, -0.25) is 14.9 Å². The van der Waals surface area contributed by atoms with Gasteiger partial charge in [0.05, 0.1) is 24.7 Å². The molecule has 0 saturated carbocycles. The van der Waals surface area contributed by atoms with Crippen LogP contribution in [-0.2, 0) is 0 Å². The van der Waals surface area contributed by atoms with Crippen molar-refractivity contribution >= 4 is 11.6 Å². The average molecular weight is 270 g/mol. The summed E-state index contributed by atoms with van der Waals surface area (Å²) in [5.74, 6) is -0.555. The van der Waals surface area contributed by atoms with E-state index in [1.165, 1.54) is 19.2 Å². The maximum atomic E-state index is 11.7. The quantitative estimate of drug-likeness (QED) is 0.481. The Balaban J connectivity index is 2.84. The van der Waals surface area contributed by atoms with Crippen LogP contribution in [0, 0.1) is 10.1 Å². The molecule has 0 bridgehead atoms. The molecule has 0 aliphatic carbocycles. The molecule has 1 aromatic carbocycles. The largest absolute Gasteiger partial charge is 0.490 e. The summed E-state index contributed by atoms with van der Waals surface area (Å²) < 4.78 is 4.83. The number of carbonyl (C=O) groups is 1. The van der Waals surface area contributed by atoms with E-state index in [-0.39, 0.29) is 23.5 Å². The predicted octanol–water partition coefficient (Wildman–Crippen LogP) is -0.314. The van der Waals surface area contributed by atoms with Crippen LogP contribution in [0.1, 0.15) is 10.4 Å². The average Bonchev–Trinajstić information content (AvgIpc) is 2.43. The number of carbonyl (C=O) groups excluding carboxylic acids is 1. The lowest BCUT2D eigenvalue weighted by Gasteiger charge is -2.09. The Labute approximate surface area is 108 Å². The third-order valence-electron chi connectivity index (χ3n) is 2.35. The summed E-state index contributed by atoms with van der Waals surface area (Å²) in [4.78, 5) is 21.7. The summed E-state index contributed by atoms with van der Waals surface area (Å²) in [5, 5.41) is 30.7. The van der Waals surface area contributed by atoms with Crippen LogP contribution in [-0.4, -0.2) is 47.4 Å². The highest BCUT2D eigenvalue weighted by Crippen LogP contribution is 2.27. The summed E-state index contributed by atoms with van der Waals surface area (Å²) in [6, 6.07) is 3.68. The predicted molar refractivity (Wildman–Crippen MR) is 65.1 cm³/mol. The Bertz CT molecular complexity index is 476. The number of hydrogen-bond donors (Lipinski definition) is 3. The van der Waals surface area contributed by atoms with Crippen LogP contribution >= 0.6 is 0 Å². The topological polar surface area (TPSA) is 122 Å². The Morgan fingerprint density at radius 3 is 2.79 bits per heavy atom. The fraction of sp³-hybridized carbons (Fsp3) is 0.364. The van der Waals surface area contributed by atoms with E-state index in [4.69, 9.17) is 14.9 Å². The molecule has 0 fully saturated rings. The standard InChI is InChI=1S/C11H14N2O6/c1-19-10-4-7(2-3-9(10)13(17)18)11(16)12-5-8(15)6-14/h2-4,8,14-15H,5-6H2,1H3,(H,12,16). The summed E-state index contributed by atoms with van der Waals surface area (Å²) >= 11 is 0. The van der Waals surface area contributed by atoms with Gasteiger partial charge in [0.2, 0.25) is 0 Å². The molecule has 1 rings (SSSR count). The van der Waals surface area contributed by atoms with Crippen molar-refractivity contribution in [3.05, 3.63) is 33.9 Å². The van der Waals surface area contributed by atoms with Crippen LogP contribution < -0.4 is 10.1 Å². The lowest BCUT2D eigenvalue weighted by atomic mass is 10.1. The summed E-state index contributed by atoms with van der Waals surface area (Å²) in [6.45, 7) is -0.585. The van der Waals surface area contributed by atoms with Gasteiger partial charge in [0.25, 0.3) is 5.91 Å². The van der Waals surface area contributed by atoms with Gasteiger partial charge in [-0.05, 0) is 6.07 Å². The third-order valence-corrected chi connectivity index (χ3v) is 2.35. The molecule has 0 heterocycles. The number of methoxy groups -OCH3 is 1. The first-order valence-electron chi connectivity index (χ1n) is 5.39. The number of ether oxygens (including phenoxy) is 1. The van der Waals surface area contributed by atoms with Crippen LogP contribution in [0.15, 0.2) is 18.2 Å². The first-order chi connectivity index (χ1) is 8.99. The molecule has 0 radical (unpaired) electrons. The molecule has 8 heteroatoms. The van der Waals surface area contributed by atoms with Crippen molar-refractivity contribution in [2.75, 3.05) is 20.3 Å². The molecule has 1 atom stereocenters. The number of benzene rings is 1. The van der Waals surface area contributed by atoms with Crippen LogP contribution in [0.2, 0.25) is 0 Å². The van der Waals surface area contributed by atoms with Gasteiger partial charge >= 0.3 is 5.69 Å². The smallest absolute Gasteiger partial charge is 0.310 e. The zero-order chi connectivity index (χ0) is 14.4. The lowest BCUT2D eigenvalue weighted by molar-refractivity contribution is -0.385. The van der Waals surface area contributed by atoms with Gasteiger partial charge in [-0.15, -0.1) is 0 Å². The van der Waals surface area contributed by atoms with Crippen molar-refractivity contribution in [3.8, 4) is 5.75 Å². The van der Waals surface area contributed by atoms with Crippen molar-refractivity contribution in [2.45, 2.75) is 6.10 Å². The number of amides is 1. The zero-order valence-electron chi connectivity index (χ0n) is 10.2. The Hall–Kier alpha value is -2.19. The minimum Gasteiger partial charge on any atom is -0.490 e. The van der Waals surface area contributed by atoms with Crippen molar-refractivity contribution < 1.29 is 24.7 Å². The number of nitrogens with one attached hydrogen (secondary N) is 1. The number of aliphatic hydroxyl groups is 2. The Morgan fingerprint density at radius 1 is 1.58 bits per heavy atom. The normalized spacial score (nSPS) is 11.7. The molecular formula is C11H14N2O6.